The number of rotatable bonds is 10. The second-order valence-corrected chi connectivity index (χ2v) is 15.2. The summed E-state index contributed by atoms with van der Waals surface area (Å²) in [6.07, 6.45) is 4.35. The zero-order valence-electron chi connectivity index (χ0n) is 34.3. The minimum Gasteiger partial charge on any atom is -0.309 e. The maximum atomic E-state index is 7.88. The van der Waals surface area contributed by atoms with Crippen LogP contribution in [0.15, 0.2) is 225 Å². The molecular formula is C58H39N5. The summed E-state index contributed by atoms with van der Waals surface area (Å²) in [5, 5.41) is 2.05. The summed E-state index contributed by atoms with van der Waals surface area (Å²) in [5.74, 6) is 1.60. The molecule has 8 aromatic carbocycles. The molecule has 0 unspecified atom stereocenters. The van der Waals surface area contributed by atoms with Crippen LogP contribution in [0.2, 0.25) is 0 Å². The van der Waals surface area contributed by atoms with E-state index in [1.54, 1.807) is 0 Å². The number of allylic oxidation sites excluding steroid dienone is 4. The molecular weight excluding hydrogens is 767 g/mol. The van der Waals surface area contributed by atoms with E-state index >= 15 is 0 Å². The average molecular weight is 806 g/mol. The van der Waals surface area contributed by atoms with Crippen LogP contribution in [0, 0.1) is 6.57 Å². The molecule has 2 aromatic heterocycles. The molecule has 5 heteroatoms. The van der Waals surface area contributed by atoms with Crippen LogP contribution in [0.3, 0.4) is 0 Å². The van der Waals surface area contributed by atoms with Crippen molar-refractivity contribution in [3.63, 3.8) is 0 Å². The van der Waals surface area contributed by atoms with Gasteiger partial charge in [-0.25, -0.2) is 19.8 Å². The van der Waals surface area contributed by atoms with Gasteiger partial charge >= 0.3 is 0 Å². The summed E-state index contributed by atoms with van der Waals surface area (Å²) < 4.78 is 2.31. The molecule has 0 saturated heterocycles. The predicted octanol–water partition coefficient (Wildman–Crippen LogP) is 15.0. The second kappa shape index (κ2) is 17.1. The summed E-state index contributed by atoms with van der Waals surface area (Å²) in [5.41, 5.74) is 13.3. The van der Waals surface area contributed by atoms with Crippen LogP contribution >= 0.6 is 0 Å². The van der Waals surface area contributed by atoms with E-state index in [0.29, 0.717) is 28.7 Å². The van der Waals surface area contributed by atoms with E-state index < -0.39 is 0 Å². The van der Waals surface area contributed by atoms with Gasteiger partial charge in [0.1, 0.15) is 0 Å². The SMILES string of the molecule is [C-]#[N+]c1ccc2c(c1)c1ccccc1n2C(=C\c1ccc(-c2ccccc2)cc1)/C(=C\C(=C)c1nc(-c2ccccc2)nc(-c2ccccc2)n1)c1ccc(-c2ccccc2)cc1. The maximum absolute atomic E-state index is 7.88. The molecule has 0 aliphatic carbocycles. The third-order valence-corrected chi connectivity index (χ3v) is 11.2. The Kier molecular flexibility index (Phi) is 10.4. The zero-order chi connectivity index (χ0) is 42.5. The first-order valence-corrected chi connectivity index (χ1v) is 20.8. The normalized spacial score (nSPS) is 11.7. The van der Waals surface area contributed by atoms with Crippen molar-refractivity contribution in [3.8, 4) is 45.0 Å². The second-order valence-electron chi connectivity index (χ2n) is 15.2. The Morgan fingerprint density at radius 1 is 0.476 bits per heavy atom. The third-order valence-electron chi connectivity index (χ3n) is 11.2. The van der Waals surface area contributed by atoms with E-state index in [1.165, 1.54) is 0 Å². The fraction of sp³-hybridized carbons (Fsp3) is 0. The number of aromatic nitrogens is 4. The van der Waals surface area contributed by atoms with Gasteiger partial charge in [0.2, 0.25) is 0 Å². The van der Waals surface area contributed by atoms with Gasteiger partial charge < -0.3 is 4.57 Å². The molecule has 10 rings (SSSR count). The molecule has 10 aromatic rings. The molecule has 0 atom stereocenters. The van der Waals surface area contributed by atoms with Gasteiger partial charge in [0, 0.05) is 27.7 Å². The Morgan fingerprint density at radius 2 is 0.952 bits per heavy atom. The Hall–Kier alpha value is -8.72. The zero-order valence-corrected chi connectivity index (χ0v) is 34.3. The fourth-order valence-electron chi connectivity index (χ4n) is 8.08. The lowest BCUT2D eigenvalue weighted by molar-refractivity contribution is 1.04. The molecule has 0 N–H and O–H groups in total. The number of hydrogen-bond donors (Lipinski definition) is 0. The predicted molar refractivity (Wildman–Crippen MR) is 261 cm³/mol. The first kappa shape index (κ1) is 38.5. The van der Waals surface area contributed by atoms with Crippen molar-refractivity contribution in [2.24, 2.45) is 0 Å². The van der Waals surface area contributed by atoms with Crippen LogP contribution in [-0.4, -0.2) is 19.5 Å². The van der Waals surface area contributed by atoms with Crippen molar-refractivity contribution in [1.82, 2.24) is 19.5 Å². The topological polar surface area (TPSA) is 48.0 Å². The highest BCUT2D eigenvalue weighted by atomic mass is 15.0. The fourth-order valence-corrected chi connectivity index (χ4v) is 8.08. The molecule has 63 heavy (non-hydrogen) atoms. The van der Waals surface area contributed by atoms with Crippen molar-refractivity contribution in [1.29, 1.82) is 0 Å². The standard InChI is InChI=1S/C58H39N5/c1-40(56-60-57(47-21-11-5-12-22-47)62-58(61-56)48-23-13-6-14-24-48)37-51(46-33-31-45(32-34-46)43-19-9-4-10-20-43)55(38-41-27-29-44(30-28-41)42-17-7-3-8-18-42)63-53-26-16-15-25-50(53)52-39-49(59-2)35-36-54(52)63/h3-39H,1H2/b51-37-,55-38-. The highest BCUT2D eigenvalue weighted by Gasteiger charge is 2.21. The highest BCUT2D eigenvalue weighted by molar-refractivity contribution is 6.17. The van der Waals surface area contributed by atoms with Crippen LogP contribution in [0.25, 0.3) is 94.6 Å². The summed E-state index contributed by atoms with van der Waals surface area (Å²) in [6, 6.07) is 72.5. The average Bonchev–Trinajstić information content (AvgIpc) is 3.69. The molecule has 0 radical (unpaired) electrons. The smallest absolute Gasteiger partial charge is 0.188 e. The minimum absolute atomic E-state index is 0.469. The monoisotopic (exact) mass is 805 g/mol. The van der Waals surface area contributed by atoms with Crippen LogP contribution in [0.4, 0.5) is 5.69 Å². The number of fused-ring (bicyclic) bond motifs is 3. The van der Waals surface area contributed by atoms with Gasteiger partial charge in [-0.3, -0.25) is 0 Å². The summed E-state index contributed by atoms with van der Waals surface area (Å²) >= 11 is 0. The molecule has 0 aliphatic rings. The van der Waals surface area contributed by atoms with Gasteiger partial charge in [-0.2, -0.15) is 0 Å². The maximum Gasteiger partial charge on any atom is 0.188 e. The lowest BCUT2D eigenvalue weighted by Crippen LogP contribution is -2.04. The van der Waals surface area contributed by atoms with E-state index in [-0.39, 0.29) is 0 Å². The largest absolute Gasteiger partial charge is 0.309 e. The van der Waals surface area contributed by atoms with Gasteiger partial charge in [-0.1, -0.05) is 201 Å². The molecule has 296 valence electrons. The number of nitrogens with zero attached hydrogens (tertiary/aromatic N) is 5. The summed E-state index contributed by atoms with van der Waals surface area (Å²) in [7, 11) is 0. The van der Waals surface area contributed by atoms with Gasteiger partial charge in [0.15, 0.2) is 23.2 Å². The molecule has 0 saturated carbocycles. The lowest BCUT2D eigenvalue weighted by atomic mass is 9.95. The van der Waals surface area contributed by atoms with E-state index in [1.807, 2.05) is 84.9 Å². The van der Waals surface area contributed by atoms with Crippen molar-refractivity contribution in [2.45, 2.75) is 0 Å². The number of benzene rings is 8. The van der Waals surface area contributed by atoms with E-state index in [2.05, 4.69) is 156 Å². The first-order valence-electron chi connectivity index (χ1n) is 20.8. The Labute approximate surface area is 366 Å². The molecule has 5 nitrogen and oxygen atoms in total. The van der Waals surface area contributed by atoms with Crippen molar-refractivity contribution < 1.29 is 0 Å². The summed E-state index contributed by atoms with van der Waals surface area (Å²) in [6.45, 7) is 12.6. The molecule has 2 heterocycles. The van der Waals surface area contributed by atoms with Crippen molar-refractivity contribution >= 4 is 50.4 Å². The minimum atomic E-state index is 0.469. The first-order chi connectivity index (χ1) is 31.1. The van der Waals surface area contributed by atoms with E-state index in [0.717, 1.165) is 77.6 Å². The quantitative estimate of drug-likeness (QED) is 0.102. The molecule has 0 fully saturated rings. The highest BCUT2D eigenvalue weighted by Crippen LogP contribution is 2.41. The van der Waals surface area contributed by atoms with Gasteiger partial charge in [0.05, 0.1) is 23.3 Å². The molecule has 0 amide bonds. The van der Waals surface area contributed by atoms with Crippen LogP contribution in [-0.2, 0) is 0 Å². The number of hydrogen-bond acceptors (Lipinski definition) is 3. The Morgan fingerprint density at radius 3 is 1.51 bits per heavy atom. The summed E-state index contributed by atoms with van der Waals surface area (Å²) in [4.78, 5) is 18.9. The van der Waals surface area contributed by atoms with Crippen LogP contribution in [0.1, 0.15) is 17.0 Å². The van der Waals surface area contributed by atoms with Gasteiger partial charge in [-0.05, 0) is 69.1 Å². The third kappa shape index (κ3) is 7.89. The molecule has 0 spiro atoms. The van der Waals surface area contributed by atoms with Gasteiger partial charge in [-0.15, -0.1) is 0 Å². The van der Waals surface area contributed by atoms with E-state index in [9.17, 15) is 0 Å². The van der Waals surface area contributed by atoms with Gasteiger partial charge in [0.25, 0.3) is 0 Å². The lowest BCUT2D eigenvalue weighted by Gasteiger charge is -2.19. The molecule has 0 bridgehead atoms. The van der Waals surface area contributed by atoms with Crippen LogP contribution in [0.5, 0.6) is 0 Å². The molecule has 0 aliphatic heterocycles. The van der Waals surface area contributed by atoms with E-state index in [4.69, 9.17) is 21.5 Å². The Balaban J connectivity index is 1.23. The van der Waals surface area contributed by atoms with Crippen molar-refractivity contribution in [2.75, 3.05) is 0 Å². The number of para-hydroxylation sites is 1. The Bertz CT molecular complexity index is 3300. The van der Waals surface area contributed by atoms with Crippen LogP contribution < -0.4 is 0 Å². The van der Waals surface area contributed by atoms with Crippen molar-refractivity contribution in [3.05, 3.63) is 253 Å².